The number of phosphoric acid groups is 1. The highest BCUT2D eigenvalue weighted by Gasteiger charge is 2.26. The maximum atomic E-state index is 12.3. The summed E-state index contributed by atoms with van der Waals surface area (Å²) in [5.74, 6) is -0.265. The summed E-state index contributed by atoms with van der Waals surface area (Å²) >= 11 is 0. The molecule has 212 valence electrons. The Morgan fingerprint density at radius 2 is 2.00 bits per heavy atom. The number of rotatable bonds is 11. The van der Waals surface area contributed by atoms with Crippen LogP contribution in [-0.4, -0.2) is 57.5 Å². The zero-order valence-electron chi connectivity index (χ0n) is 23.2. The van der Waals surface area contributed by atoms with E-state index >= 15 is 0 Å². The van der Waals surface area contributed by atoms with E-state index in [0.29, 0.717) is 23.4 Å². The second-order valence-corrected chi connectivity index (χ2v) is 10.9. The minimum Gasteiger partial charge on any atom is -0.321 e. The van der Waals surface area contributed by atoms with Crippen LogP contribution in [0.3, 0.4) is 0 Å². The third-order valence-corrected chi connectivity index (χ3v) is 7.18. The summed E-state index contributed by atoms with van der Waals surface area (Å²) in [6.07, 6.45) is 9.01. The van der Waals surface area contributed by atoms with Crippen molar-refractivity contribution in [3.8, 4) is 28.3 Å². The van der Waals surface area contributed by atoms with Gasteiger partial charge in [0.15, 0.2) is 0 Å². The first-order valence-electron chi connectivity index (χ1n) is 12.8. The molecule has 1 aromatic carbocycles. The Labute approximate surface area is 238 Å². The molecule has 4 aromatic rings. The normalized spacial score (nSPS) is 13.8. The van der Waals surface area contributed by atoms with E-state index in [1.807, 2.05) is 31.1 Å². The fourth-order valence-corrected chi connectivity index (χ4v) is 5.08. The molecule has 4 rings (SSSR count). The minimum atomic E-state index is -4.30. The third-order valence-electron chi connectivity index (χ3n) is 6.02. The summed E-state index contributed by atoms with van der Waals surface area (Å²) in [4.78, 5) is 33.3. The number of amides is 1. The molecule has 0 bridgehead atoms. The van der Waals surface area contributed by atoms with Crippen LogP contribution in [0.2, 0.25) is 0 Å². The smallest absolute Gasteiger partial charge is 0.321 e. The Kier molecular flexibility index (Phi) is 9.45. The Hall–Kier alpha value is -4.17. The molecule has 2 N–H and O–H groups in total. The molecule has 1 amide bonds. The number of likely N-dealkylation sites (N-methyl/N-ethyl adjacent to an activating group) is 1. The summed E-state index contributed by atoms with van der Waals surface area (Å²) in [7, 11) is -0.463. The van der Waals surface area contributed by atoms with Gasteiger partial charge in [0.1, 0.15) is 11.9 Å². The van der Waals surface area contributed by atoms with Crippen LogP contribution in [-0.2, 0) is 18.4 Å². The average molecular weight is 575 g/mol. The molecule has 0 aliphatic rings. The van der Waals surface area contributed by atoms with Crippen LogP contribution in [0.5, 0.6) is 0 Å². The number of carbonyl (C=O) groups excluding carboxylic acids is 1. The quantitative estimate of drug-likeness (QED) is 0.179. The molecule has 3 aromatic heterocycles. The van der Waals surface area contributed by atoms with E-state index in [2.05, 4.69) is 21.4 Å². The second-order valence-electron chi connectivity index (χ2n) is 9.45. The number of hydrogen-bond donors (Lipinski definition) is 2. The Morgan fingerprint density at radius 3 is 2.73 bits per heavy atom. The van der Waals surface area contributed by atoms with Crippen molar-refractivity contribution < 1.29 is 23.3 Å². The number of nitrogens with zero attached hydrogens (tertiary/aromatic N) is 5. The summed E-state index contributed by atoms with van der Waals surface area (Å²) in [6, 6.07) is 13.0. The average Bonchev–Trinajstić information content (AvgIpc) is 3.32. The number of benzene rings is 1. The van der Waals surface area contributed by atoms with Gasteiger partial charge in [0.05, 0.1) is 30.1 Å². The Balaban J connectivity index is 1.75. The lowest BCUT2D eigenvalue weighted by Crippen LogP contribution is -2.13. The monoisotopic (exact) mass is 574 g/mol. The van der Waals surface area contributed by atoms with E-state index in [4.69, 9.17) is 9.05 Å². The molecule has 0 aliphatic heterocycles. The van der Waals surface area contributed by atoms with Crippen molar-refractivity contribution in [2.75, 3.05) is 32.6 Å². The molecule has 0 saturated carbocycles. The van der Waals surface area contributed by atoms with Gasteiger partial charge in [0.2, 0.25) is 5.91 Å². The SMILES string of the molecule is CCOP(=O)(O)OC(C)n1cc(-c2cccc(C#N)c2)c2cc(-c3cncc(NC(=O)C=CCN(C)C)c3)cnc21. The highest BCUT2D eigenvalue weighted by molar-refractivity contribution is 7.47. The number of fused-ring (bicyclic) bond motifs is 1. The van der Waals surface area contributed by atoms with Gasteiger partial charge in [-0.2, -0.15) is 5.26 Å². The molecule has 0 saturated heterocycles. The van der Waals surface area contributed by atoms with E-state index in [1.165, 1.54) is 6.08 Å². The first kappa shape index (κ1) is 29.8. The number of pyridine rings is 2. The Bertz CT molecular complexity index is 1680. The molecule has 41 heavy (non-hydrogen) atoms. The van der Waals surface area contributed by atoms with E-state index in [9.17, 15) is 19.5 Å². The topological polar surface area (TPSA) is 143 Å². The van der Waals surface area contributed by atoms with Crippen molar-refractivity contribution in [2.45, 2.75) is 20.1 Å². The van der Waals surface area contributed by atoms with Crippen LogP contribution in [0, 0.1) is 11.3 Å². The molecule has 2 atom stereocenters. The molecule has 3 heterocycles. The van der Waals surface area contributed by atoms with Crippen LogP contribution in [0.15, 0.2) is 73.3 Å². The predicted molar refractivity (Wildman–Crippen MR) is 157 cm³/mol. The lowest BCUT2D eigenvalue weighted by Gasteiger charge is -2.18. The van der Waals surface area contributed by atoms with Crippen LogP contribution >= 0.6 is 7.82 Å². The molecule has 0 aliphatic carbocycles. The highest BCUT2D eigenvalue weighted by atomic mass is 31.2. The van der Waals surface area contributed by atoms with Crippen molar-refractivity contribution in [1.29, 1.82) is 5.26 Å². The number of nitrogens with one attached hydrogen (secondary N) is 1. The number of phosphoric ester groups is 1. The van der Waals surface area contributed by atoms with Crippen LogP contribution < -0.4 is 5.32 Å². The zero-order valence-corrected chi connectivity index (χ0v) is 24.1. The third kappa shape index (κ3) is 7.52. The van der Waals surface area contributed by atoms with Gasteiger partial charge >= 0.3 is 7.82 Å². The number of nitriles is 1. The largest absolute Gasteiger partial charge is 0.474 e. The van der Waals surface area contributed by atoms with Crippen molar-refractivity contribution >= 4 is 30.5 Å². The first-order chi connectivity index (χ1) is 19.6. The summed E-state index contributed by atoms with van der Waals surface area (Å²) in [6.45, 7) is 3.88. The summed E-state index contributed by atoms with van der Waals surface area (Å²) in [5.41, 5.74) is 4.47. The summed E-state index contributed by atoms with van der Waals surface area (Å²) < 4.78 is 24.2. The lowest BCUT2D eigenvalue weighted by atomic mass is 10.0. The maximum absolute atomic E-state index is 12.3. The van der Waals surface area contributed by atoms with Gasteiger partial charge in [-0.05, 0) is 57.8 Å². The second kappa shape index (κ2) is 13.0. The van der Waals surface area contributed by atoms with E-state index < -0.39 is 14.1 Å². The van der Waals surface area contributed by atoms with Crippen molar-refractivity contribution in [3.63, 3.8) is 0 Å². The van der Waals surface area contributed by atoms with Crippen LogP contribution in [0.4, 0.5) is 5.69 Å². The fourth-order valence-electron chi connectivity index (χ4n) is 4.21. The van der Waals surface area contributed by atoms with E-state index in [-0.39, 0.29) is 12.5 Å². The van der Waals surface area contributed by atoms with Gasteiger partial charge in [0.25, 0.3) is 0 Å². The van der Waals surface area contributed by atoms with Crippen molar-refractivity contribution in [3.05, 3.63) is 78.9 Å². The van der Waals surface area contributed by atoms with Crippen LogP contribution in [0.1, 0.15) is 25.6 Å². The van der Waals surface area contributed by atoms with Crippen LogP contribution in [0.25, 0.3) is 33.3 Å². The number of carbonyl (C=O) groups is 1. The number of anilines is 1. The number of aromatic nitrogens is 3. The fraction of sp³-hybridized carbons (Fsp3) is 0.241. The van der Waals surface area contributed by atoms with E-state index in [0.717, 1.165) is 27.6 Å². The van der Waals surface area contributed by atoms with Crippen molar-refractivity contribution in [2.24, 2.45) is 0 Å². The van der Waals surface area contributed by atoms with Gasteiger partial charge < -0.3 is 19.7 Å². The molecule has 2 unspecified atom stereocenters. The van der Waals surface area contributed by atoms with Gasteiger partial charge in [-0.1, -0.05) is 18.2 Å². The van der Waals surface area contributed by atoms with Gasteiger partial charge in [0, 0.05) is 53.3 Å². The first-order valence-corrected chi connectivity index (χ1v) is 14.3. The Morgan fingerprint density at radius 1 is 1.22 bits per heavy atom. The zero-order chi connectivity index (χ0) is 29.6. The maximum Gasteiger partial charge on any atom is 0.474 e. The van der Waals surface area contributed by atoms with E-state index in [1.54, 1.807) is 73.5 Å². The molecule has 12 heteroatoms. The molecular weight excluding hydrogens is 543 g/mol. The standard InChI is InChI=1S/C29H31N6O5P/c1-5-39-41(37,38)40-20(2)35-19-27(22-9-6-8-21(12-22)15-30)26-14-24(17-32-29(26)35)23-13-25(18-31-16-23)33-28(36)10-7-11-34(3)4/h6-10,12-14,16-20H,5,11H2,1-4H3,(H,33,36)(H,37,38). The van der Waals surface area contributed by atoms with Gasteiger partial charge in [-0.3, -0.25) is 18.8 Å². The summed E-state index contributed by atoms with van der Waals surface area (Å²) in [5, 5.41) is 13.0. The van der Waals surface area contributed by atoms with Gasteiger partial charge in [-0.15, -0.1) is 0 Å². The number of hydrogen-bond acceptors (Lipinski definition) is 8. The molecular formula is C29H31N6O5P. The lowest BCUT2D eigenvalue weighted by molar-refractivity contribution is -0.111. The molecule has 0 spiro atoms. The van der Waals surface area contributed by atoms with Gasteiger partial charge in [-0.25, -0.2) is 9.55 Å². The minimum absolute atomic E-state index is 0.0145. The molecule has 0 radical (unpaired) electrons. The van der Waals surface area contributed by atoms with Crippen molar-refractivity contribution in [1.82, 2.24) is 19.4 Å². The predicted octanol–water partition coefficient (Wildman–Crippen LogP) is 5.37. The highest BCUT2D eigenvalue weighted by Crippen LogP contribution is 2.47. The molecule has 11 nitrogen and oxygen atoms in total. The molecule has 0 fully saturated rings.